The Balaban J connectivity index is 0.00000450. The van der Waals surface area contributed by atoms with Crippen LogP contribution in [0.2, 0.25) is 0 Å². The van der Waals surface area contributed by atoms with E-state index in [9.17, 15) is 0 Å². The summed E-state index contributed by atoms with van der Waals surface area (Å²) >= 11 is 0. The van der Waals surface area contributed by atoms with E-state index in [1.54, 1.807) is 28.4 Å². The Kier molecular flexibility index (Phi) is 11.2. The zero-order chi connectivity index (χ0) is 21.2. The lowest BCUT2D eigenvalue weighted by Gasteiger charge is -2.15. The summed E-state index contributed by atoms with van der Waals surface area (Å²) in [5.41, 5.74) is 8.19. The Morgan fingerprint density at radius 2 is 1.37 bits per heavy atom. The van der Waals surface area contributed by atoms with E-state index in [2.05, 4.69) is 17.2 Å². The van der Waals surface area contributed by atoms with Crippen molar-refractivity contribution in [2.45, 2.75) is 19.9 Å². The number of ether oxygens (including phenoxy) is 4. The number of nitrogens with two attached hydrogens (primary N) is 1. The van der Waals surface area contributed by atoms with E-state index in [0.29, 0.717) is 29.9 Å². The molecule has 3 N–H and O–H groups in total. The molecule has 30 heavy (non-hydrogen) atoms. The molecule has 0 spiro atoms. The van der Waals surface area contributed by atoms with Crippen molar-refractivity contribution >= 4 is 29.9 Å². The van der Waals surface area contributed by atoms with Gasteiger partial charge in [0.2, 0.25) is 0 Å². The summed E-state index contributed by atoms with van der Waals surface area (Å²) in [7, 11) is 6.50. The zero-order valence-corrected chi connectivity index (χ0v) is 20.6. The molecule has 0 fully saturated rings. The number of benzene rings is 2. The van der Waals surface area contributed by atoms with Crippen LogP contribution in [0.5, 0.6) is 23.0 Å². The number of nitrogens with one attached hydrogen (secondary N) is 1. The van der Waals surface area contributed by atoms with E-state index < -0.39 is 0 Å². The highest BCUT2D eigenvalue weighted by atomic mass is 127. The lowest BCUT2D eigenvalue weighted by atomic mass is 10.0. The van der Waals surface area contributed by atoms with Crippen molar-refractivity contribution in [3.8, 4) is 23.0 Å². The predicted octanol–water partition coefficient (Wildman–Crippen LogP) is 3.62. The summed E-state index contributed by atoms with van der Waals surface area (Å²) in [5, 5.41) is 3.19. The zero-order valence-electron chi connectivity index (χ0n) is 18.2. The maximum Gasteiger partial charge on any atom is 0.188 e. The van der Waals surface area contributed by atoms with Crippen molar-refractivity contribution in [1.82, 2.24) is 5.32 Å². The van der Waals surface area contributed by atoms with Gasteiger partial charge < -0.3 is 30.0 Å². The minimum absolute atomic E-state index is 0. The number of hydrogen-bond donors (Lipinski definition) is 2. The van der Waals surface area contributed by atoms with Crippen LogP contribution in [0.4, 0.5) is 0 Å². The van der Waals surface area contributed by atoms with Crippen LogP contribution in [-0.4, -0.2) is 40.9 Å². The number of methoxy groups -OCH3 is 4. The number of hydrogen-bond acceptors (Lipinski definition) is 5. The van der Waals surface area contributed by atoms with Gasteiger partial charge in [-0.3, -0.25) is 0 Å². The molecular formula is C22H32IN3O4. The van der Waals surface area contributed by atoms with Gasteiger partial charge in [0.05, 0.1) is 35.0 Å². The van der Waals surface area contributed by atoms with Crippen LogP contribution in [-0.2, 0) is 13.0 Å². The lowest BCUT2D eigenvalue weighted by Crippen LogP contribution is -2.35. The molecule has 0 saturated heterocycles. The van der Waals surface area contributed by atoms with Gasteiger partial charge in [-0.05, 0) is 47.7 Å². The Hall–Kier alpha value is -2.36. The van der Waals surface area contributed by atoms with E-state index in [1.165, 1.54) is 5.56 Å². The highest BCUT2D eigenvalue weighted by Crippen LogP contribution is 2.29. The van der Waals surface area contributed by atoms with Crippen LogP contribution in [0.3, 0.4) is 0 Å². The number of guanidine groups is 1. The molecule has 0 aliphatic rings. The van der Waals surface area contributed by atoms with Crippen LogP contribution >= 0.6 is 24.0 Å². The van der Waals surface area contributed by atoms with Crippen molar-refractivity contribution in [3.63, 3.8) is 0 Å². The largest absolute Gasteiger partial charge is 0.493 e. The monoisotopic (exact) mass is 529 g/mol. The second-order valence-corrected chi connectivity index (χ2v) is 6.77. The lowest BCUT2D eigenvalue weighted by molar-refractivity contribution is 0.354. The highest BCUT2D eigenvalue weighted by Gasteiger charge is 2.09. The van der Waals surface area contributed by atoms with Gasteiger partial charge in [-0.25, -0.2) is 4.99 Å². The topological polar surface area (TPSA) is 87.3 Å². The molecule has 0 saturated carbocycles. The first-order chi connectivity index (χ1) is 14.0. The SMILES string of the molecule is COc1ccc(CN=C(N)NCC(C)Cc2ccc(OC)c(OC)c2)cc1OC.I. The summed E-state index contributed by atoms with van der Waals surface area (Å²) in [6, 6.07) is 11.7. The van der Waals surface area contributed by atoms with Crippen LogP contribution in [0.25, 0.3) is 0 Å². The normalized spacial score (nSPS) is 11.8. The first-order valence-electron chi connectivity index (χ1n) is 9.46. The second kappa shape index (κ2) is 13.0. The van der Waals surface area contributed by atoms with E-state index in [0.717, 1.165) is 30.0 Å². The Labute approximate surface area is 196 Å². The van der Waals surface area contributed by atoms with E-state index >= 15 is 0 Å². The van der Waals surface area contributed by atoms with Crippen molar-refractivity contribution in [3.05, 3.63) is 47.5 Å². The standard InChI is InChI=1S/C22H31N3O4.HI/c1-15(10-16-6-8-18(26-2)20(11-16)28-4)13-24-22(23)25-14-17-7-9-19(27-3)21(12-17)29-5;/h6-9,11-12,15H,10,13-14H2,1-5H3,(H3,23,24,25);1H. The number of rotatable bonds is 10. The molecule has 166 valence electrons. The smallest absolute Gasteiger partial charge is 0.188 e. The second-order valence-electron chi connectivity index (χ2n) is 6.77. The first kappa shape index (κ1) is 25.7. The molecule has 2 aromatic carbocycles. The molecule has 1 atom stereocenters. The van der Waals surface area contributed by atoms with Crippen molar-refractivity contribution in [1.29, 1.82) is 0 Å². The molecule has 0 bridgehead atoms. The average molecular weight is 529 g/mol. The van der Waals surface area contributed by atoms with Crippen LogP contribution in [0.1, 0.15) is 18.1 Å². The summed E-state index contributed by atoms with van der Waals surface area (Å²) in [6.07, 6.45) is 0.885. The highest BCUT2D eigenvalue weighted by molar-refractivity contribution is 14.0. The van der Waals surface area contributed by atoms with Gasteiger partial charge in [-0.2, -0.15) is 0 Å². The van der Waals surface area contributed by atoms with Gasteiger partial charge in [0.1, 0.15) is 0 Å². The van der Waals surface area contributed by atoms with Crippen LogP contribution in [0.15, 0.2) is 41.4 Å². The Morgan fingerprint density at radius 1 is 0.867 bits per heavy atom. The molecule has 0 aromatic heterocycles. The number of aliphatic imine (C=N–C) groups is 1. The molecule has 0 amide bonds. The quantitative estimate of drug-likeness (QED) is 0.278. The molecular weight excluding hydrogens is 497 g/mol. The van der Waals surface area contributed by atoms with Crippen molar-refractivity contribution in [2.24, 2.45) is 16.6 Å². The van der Waals surface area contributed by atoms with Crippen LogP contribution in [0, 0.1) is 5.92 Å². The van der Waals surface area contributed by atoms with Gasteiger partial charge in [-0.1, -0.05) is 19.1 Å². The fourth-order valence-corrected chi connectivity index (χ4v) is 2.97. The molecule has 7 nitrogen and oxygen atoms in total. The van der Waals surface area contributed by atoms with E-state index in [-0.39, 0.29) is 24.0 Å². The molecule has 0 aliphatic carbocycles. The van der Waals surface area contributed by atoms with Gasteiger partial charge in [0.15, 0.2) is 29.0 Å². The van der Waals surface area contributed by atoms with E-state index in [1.807, 2.05) is 36.4 Å². The van der Waals surface area contributed by atoms with Gasteiger partial charge in [0.25, 0.3) is 0 Å². The average Bonchev–Trinajstić information content (AvgIpc) is 2.75. The maximum atomic E-state index is 6.02. The maximum absolute atomic E-state index is 6.02. The van der Waals surface area contributed by atoms with Gasteiger partial charge in [-0.15, -0.1) is 24.0 Å². The third kappa shape index (κ3) is 7.47. The van der Waals surface area contributed by atoms with Gasteiger partial charge in [0, 0.05) is 6.54 Å². The molecule has 0 aliphatic heterocycles. The fourth-order valence-electron chi connectivity index (χ4n) is 2.97. The number of halogens is 1. The summed E-state index contributed by atoms with van der Waals surface area (Å²) in [6.45, 7) is 3.34. The summed E-state index contributed by atoms with van der Waals surface area (Å²) in [5.74, 6) is 3.61. The van der Waals surface area contributed by atoms with Crippen LogP contribution < -0.4 is 30.0 Å². The molecule has 2 aromatic rings. The minimum atomic E-state index is 0. The predicted molar refractivity (Wildman–Crippen MR) is 131 cm³/mol. The first-order valence-corrected chi connectivity index (χ1v) is 9.46. The third-order valence-corrected chi connectivity index (χ3v) is 4.54. The molecule has 2 rings (SSSR count). The molecule has 1 unspecified atom stereocenters. The van der Waals surface area contributed by atoms with Crippen molar-refractivity contribution < 1.29 is 18.9 Å². The summed E-state index contributed by atoms with van der Waals surface area (Å²) < 4.78 is 21.2. The Morgan fingerprint density at radius 3 is 1.90 bits per heavy atom. The third-order valence-electron chi connectivity index (χ3n) is 4.54. The van der Waals surface area contributed by atoms with E-state index in [4.69, 9.17) is 24.7 Å². The fraction of sp³-hybridized carbons (Fsp3) is 0.409. The molecule has 0 heterocycles. The summed E-state index contributed by atoms with van der Waals surface area (Å²) in [4.78, 5) is 4.40. The number of nitrogens with zero attached hydrogens (tertiary/aromatic N) is 1. The Bertz CT molecular complexity index is 830. The van der Waals surface area contributed by atoms with Crippen molar-refractivity contribution in [2.75, 3.05) is 35.0 Å². The minimum Gasteiger partial charge on any atom is -0.493 e. The molecule has 8 heteroatoms. The molecule has 0 radical (unpaired) electrons. The van der Waals surface area contributed by atoms with Gasteiger partial charge >= 0.3 is 0 Å².